The monoisotopic (exact) mass is 362 g/mol. The van der Waals surface area contributed by atoms with Gasteiger partial charge in [0.05, 0.1) is 25.0 Å². The van der Waals surface area contributed by atoms with Crippen LogP contribution in [0.15, 0.2) is 78.4 Å². The predicted molar refractivity (Wildman–Crippen MR) is 104 cm³/mol. The molecule has 0 atom stereocenters. The Labute approximate surface area is 155 Å². The fourth-order valence-corrected chi connectivity index (χ4v) is 3.47. The first-order valence-electron chi connectivity index (χ1n) is 8.35. The highest BCUT2D eigenvalue weighted by Crippen LogP contribution is 2.18. The van der Waals surface area contributed by atoms with Crippen molar-refractivity contribution in [3.63, 3.8) is 0 Å². The van der Waals surface area contributed by atoms with Gasteiger partial charge in [-0.3, -0.25) is 4.90 Å². The van der Waals surface area contributed by atoms with Crippen molar-refractivity contribution >= 4 is 28.7 Å². The minimum Gasteiger partial charge on any atom is -0.333 e. The van der Waals surface area contributed by atoms with Gasteiger partial charge in [-0.1, -0.05) is 30.3 Å². The Bertz CT molecular complexity index is 995. The van der Waals surface area contributed by atoms with Crippen molar-refractivity contribution in [2.24, 2.45) is 0 Å². The first-order chi connectivity index (χ1) is 12.8. The lowest BCUT2D eigenvalue weighted by atomic mass is 10.3. The average molecular weight is 362 g/mol. The van der Waals surface area contributed by atoms with Crippen LogP contribution in [0.4, 0.5) is 10.5 Å². The van der Waals surface area contributed by atoms with Gasteiger partial charge >= 0.3 is 6.03 Å². The average Bonchev–Trinajstić information content (AvgIpc) is 3.35. The van der Waals surface area contributed by atoms with E-state index < -0.39 is 0 Å². The number of benzene rings is 1. The third-order valence-corrected chi connectivity index (χ3v) is 5.00. The van der Waals surface area contributed by atoms with E-state index in [1.54, 1.807) is 16.2 Å². The van der Waals surface area contributed by atoms with E-state index in [4.69, 9.17) is 0 Å². The second-order valence-electron chi connectivity index (χ2n) is 5.84. The molecule has 2 amide bonds. The second-order valence-corrected chi connectivity index (χ2v) is 6.87. The van der Waals surface area contributed by atoms with Gasteiger partial charge in [0, 0.05) is 16.8 Å². The number of hydrogen-bond acceptors (Lipinski definition) is 3. The van der Waals surface area contributed by atoms with Crippen LogP contribution in [0.25, 0.3) is 5.65 Å². The van der Waals surface area contributed by atoms with E-state index in [9.17, 15) is 4.79 Å². The Morgan fingerprint density at radius 3 is 2.73 bits per heavy atom. The first-order valence-corrected chi connectivity index (χ1v) is 9.23. The van der Waals surface area contributed by atoms with Gasteiger partial charge in [0.15, 0.2) is 0 Å². The highest BCUT2D eigenvalue weighted by Gasteiger charge is 2.18. The fourth-order valence-electron chi connectivity index (χ4n) is 2.82. The van der Waals surface area contributed by atoms with E-state index in [1.165, 1.54) is 0 Å². The summed E-state index contributed by atoms with van der Waals surface area (Å²) in [5, 5.41) is 5.02. The number of thiophene rings is 1. The largest absolute Gasteiger partial charge is 0.333 e. The van der Waals surface area contributed by atoms with E-state index in [0.29, 0.717) is 13.1 Å². The van der Waals surface area contributed by atoms with Gasteiger partial charge in [-0.15, -0.1) is 11.3 Å². The quantitative estimate of drug-likeness (QED) is 0.575. The highest BCUT2D eigenvalue weighted by molar-refractivity contribution is 7.09. The van der Waals surface area contributed by atoms with Crippen LogP contribution >= 0.6 is 11.3 Å². The Morgan fingerprint density at radius 1 is 1.08 bits per heavy atom. The van der Waals surface area contributed by atoms with Crippen molar-refractivity contribution in [3.05, 3.63) is 89.0 Å². The lowest BCUT2D eigenvalue weighted by Gasteiger charge is -2.23. The van der Waals surface area contributed by atoms with Crippen molar-refractivity contribution in [2.45, 2.75) is 13.1 Å². The van der Waals surface area contributed by atoms with Crippen molar-refractivity contribution in [1.82, 2.24) is 14.7 Å². The van der Waals surface area contributed by atoms with Gasteiger partial charge < -0.3 is 9.72 Å². The molecule has 0 radical (unpaired) electrons. The number of nitrogens with one attached hydrogen (secondary N) is 1. The number of fused-ring (bicyclic) bond motifs is 1. The number of para-hydroxylation sites is 1. The number of aromatic nitrogens is 2. The molecular weight excluding hydrogens is 344 g/mol. The third kappa shape index (κ3) is 3.45. The van der Waals surface area contributed by atoms with Gasteiger partial charge in [-0.05, 0) is 35.7 Å². The van der Waals surface area contributed by atoms with Crippen LogP contribution in [-0.2, 0) is 13.1 Å². The summed E-state index contributed by atoms with van der Waals surface area (Å²) in [5.74, 6) is 0. The van der Waals surface area contributed by atoms with E-state index >= 15 is 0 Å². The Morgan fingerprint density at radius 2 is 1.92 bits per heavy atom. The van der Waals surface area contributed by atoms with Crippen molar-refractivity contribution in [2.75, 3.05) is 4.90 Å². The summed E-state index contributed by atoms with van der Waals surface area (Å²) in [5.41, 5.74) is 2.67. The molecule has 130 valence electrons. The zero-order chi connectivity index (χ0) is 17.8. The number of carbonyl (C=O) groups is 1. The molecular formula is C20H18N4OS. The van der Waals surface area contributed by atoms with Gasteiger partial charge in [-0.25, -0.2) is 9.78 Å². The number of amides is 2. The molecule has 0 fully saturated rings. The van der Waals surface area contributed by atoms with Crippen LogP contribution in [0.1, 0.15) is 10.6 Å². The molecule has 0 aliphatic heterocycles. The molecule has 6 heteroatoms. The normalized spacial score (nSPS) is 10.8. The molecule has 5 nitrogen and oxygen atoms in total. The SMILES string of the molecule is O=C(NCc1cccs1)N(Cc1cnc2ccccn12)c1ccccc1. The minimum absolute atomic E-state index is 0.129. The fraction of sp³-hybridized carbons (Fsp3) is 0.100. The van der Waals surface area contributed by atoms with Gasteiger partial charge in [0.1, 0.15) is 5.65 Å². The predicted octanol–water partition coefficient (Wildman–Crippen LogP) is 4.31. The topological polar surface area (TPSA) is 49.6 Å². The van der Waals surface area contributed by atoms with E-state index in [1.807, 2.05) is 82.8 Å². The molecule has 4 aromatic rings. The minimum atomic E-state index is -0.129. The molecule has 0 saturated heterocycles. The van der Waals surface area contributed by atoms with Crippen LogP contribution in [0.5, 0.6) is 0 Å². The molecule has 0 aliphatic rings. The van der Waals surface area contributed by atoms with Crippen LogP contribution in [-0.4, -0.2) is 15.4 Å². The smallest absolute Gasteiger partial charge is 0.322 e. The number of pyridine rings is 1. The van der Waals surface area contributed by atoms with Gasteiger partial charge in [0.25, 0.3) is 0 Å². The molecule has 1 aromatic carbocycles. The molecule has 4 rings (SSSR count). The number of nitrogens with zero attached hydrogens (tertiary/aromatic N) is 3. The summed E-state index contributed by atoms with van der Waals surface area (Å²) < 4.78 is 2.00. The van der Waals surface area contributed by atoms with E-state index in [0.717, 1.165) is 21.9 Å². The number of carbonyl (C=O) groups excluding carboxylic acids is 1. The third-order valence-electron chi connectivity index (χ3n) is 4.12. The first kappa shape index (κ1) is 16.4. The van der Waals surface area contributed by atoms with Gasteiger partial charge in [0.2, 0.25) is 0 Å². The molecule has 0 spiro atoms. The standard InChI is InChI=1S/C20H18N4OS/c25-20(22-14-18-9-6-12-26-18)24(16-7-2-1-3-8-16)15-17-13-21-19-10-4-5-11-23(17)19/h1-13H,14-15H2,(H,22,25). The van der Waals surface area contributed by atoms with E-state index in [-0.39, 0.29) is 6.03 Å². The molecule has 0 bridgehead atoms. The van der Waals surface area contributed by atoms with Crippen LogP contribution in [0.2, 0.25) is 0 Å². The zero-order valence-electron chi connectivity index (χ0n) is 14.1. The maximum absolute atomic E-state index is 12.9. The van der Waals surface area contributed by atoms with Crippen molar-refractivity contribution in [3.8, 4) is 0 Å². The molecule has 1 N–H and O–H groups in total. The highest BCUT2D eigenvalue weighted by atomic mass is 32.1. The summed E-state index contributed by atoms with van der Waals surface area (Å²) in [4.78, 5) is 20.2. The summed E-state index contributed by atoms with van der Waals surface area (Å²) >= 11 is 1.63. The van der Waals surface area contributed by atoms with Crippen LogP contribution < -0.4 is 10.2 Å². The lowest BCUT2D eigenvalue weighted by Crippen LogP contribution is -2.39. The summed E-state index contributed by atoms with van der Waals surface area (Å²) in [6.45, 7) is 0.957. The Hall–Kier alpha value is -3.12. The molecule has 0 saturated carbocycles. The molecule has 26 heavy (non-hydrogen) atoms. The van der Waals surface area contributed by atoms with Crippen LogP contribution in [0, 0.1) is 0 Å². The number of hydrogen-bond donors (Lipinski definition) is 1. The number of rotatable bonds is 5. The Kier molecular flexibility index (Phi) is 4.66. The number of urea groups is 1. The van der Waals surface area contributed by atoms with Crippen LogP contribution in [0.3, 0.4) is 0 Å². The molecule has 3 heterocycles. The summed E-state index contributed by atoms with van der Waals surface area (Å²) in [6.07, 6.45) is 3.78. The van der Waals surface area contributed by atoms with Gasteiger partial charge in [-0.2, -0.15) is 0 Å². The van der Waals surface area contributed by atoms with E-state index in [2.05, 4.69) is 10.3 Å². The Balaban J connectivity index is 1.59. The molecule has 0 aliphatic carbocycles. The number of imidazole rings is 1. The summed E-state index contributed by atoms with van der Waals surface area (Å²) in [6, 6.07) is 19.4. The zero-order valence-corrected chi connectivity index (χ0v) is 14.9. The lowest BCUT2D eigenvalue weighted by molar-refractivity contribution is 0.245. The second kappa shape index (κ2) is 7.41. The maximum atomic E-state index is 12.9. The number of anilines is 1. The molecule has 0 unspecified atom stereocenters. The summed E-state index contributed by atoms with van der Waals surface area (Å²) in [7, 11) is 0. The van der Waals surface area contributed by atoms with Crippen molar-refractivity contribution in [1.29, 1.82) is 0 Å². The van der Waals surface area contributed by atoms with Crippen molar-refractivity contribution < 1.29 is 4.79 Å². The molecule has 3 aromatic heterocycles. The maximum Gasteiger partial charge on any atom is 0.322 e.